The van der Waals surface area contributed by atoms with Gasteiger partial charge in [0.25, 0.3) is 0 Å². The average Bonchev–Trinajstić information content (AvgIpc) is 3.25. The molecular formula is C57H111NO4. The van der Waals surface area contributed by atoms with Crippen molar-refractivity contribution in [2.75, 3.05) is 20.2 Å². The lowest BCUT2D eigenvalue weighted by atomic mass is 9.90. The van der Waals surface area contributed by atoms with Crippen LogP contribution in [0.4, 0.5) is 0 Å². The highest BCUT2D eigenvalue weighted by molar-refractivity contribution is 5.78. The second-order valence-corrected chi connectivity index (χ2v) is 20.4. The standard InChI is InChI=1S/C57H111NO4/c1-8-12-26-37-52(38-27-13-9-2)41-34-47-55(59)45-32-24-20-16-18-22-30-43-54(57(61)62-50-36-49-58(7)51(5)6)44-31-23-19-17-21-25-33-46-56(60)48-35-42-53(39-28-14-10-3)40-29-15-11-4/h51-54H,8-50H2,1-7H3. The summed E-state index contributed by atoms with van der Waals surface area (Å²) in [5, 5.41) is 0. The quantitative estimate of drug-likeness (QED) is 0.0450. The first-order valence-electron chi connectivity index (χ1n) is 28.1. The number of carbonyl (C=O) groups is 3. The molecule has 0 saturated carbocycles. The molecule has 0 saturated heterocycles. The predicted octanol–water partition coefficient (Wildman–Crippen LogP) is 17.9. The highest BCUT2D eigenvalue weighted by Crippen LogP contribution is 2.26. The molecule has 0 aromatic rings. The highest BCUT2D eigenvalue weighted by Gasteiger charge is 2.20. The van der Waals surface area contributed by atoms with E-state index in [1.54, 1.807) is 0 Å². The van der Waals surface area contributed by atoms with Crippen LogP contribution in [0.1, 0.15) is 305 Å². The maximum atomic E-state index is 13.2. The number of rotatable bonds is 50. The monoisotopic (exact) mass is 874 g/mol. The van der Waals surface area contributed by atoms with Gasteiger partial charge in [0.1, 0.15) is 11.6 Å². The van der Waals surface area contributed by atoms with Crippen molar-refractivity contribution in [2.24, 2.45) is 17.8 Å². The Hall–Kier alpha value is -1.23. The minimum absolute atomic E-state index is 0.0264. The van der Waals surface area contributed by atoms with Gasteiger partial charge in [-0.2, -0.15) is 0 Å². The zero-order valence-corrected chi connectivity index (χ0v) is 43.3. The molecule has 0 aliphatic carbocycles. The summed E-state index contributed by atoms with van der Waals surface area (Å²) in [5.74, 6) is 2.69. The molecule has 0 N–H and O–H groups in total. The fourth-order valence-corrected chi connectivity index (χ4v) is 9.46. The van der Waals surface area contributed by atoms with Crippen LogP contribution in [0.15, 0.2) is 0 Å². The molecule has 0 amide bonds. The summed E-state index contributed by atoms with van der Waals surface area (Å²) >= 11 is 0. The van der Waals surface area contributed by atoms with E-state index in [9.17, 15) is 14.4 Å². The molecule has 0 radical (unpaired) electrons. The maximum absolute atomic E-state index is 13.2. The van der Waals surface area contributed by atoms with Crippen molar-refractivity contribution in [3.63, 3.8) is 0 Å². The number of esters is 1. The van der Waals surface area contributed by atoms with Crippen LogP contribution in [-0.4, -0.2) is 48.7 Å². The van der Waals surface area contributed by atoms with Crippen molar-refractivity contribution < 1.29 is 19.1 Å². The van der Waals surface area contributed by atoms with Gasteiger partial charge in [-0.1, -0.05) is 220 Å². The Labute approximate surface area is 389 Å². The molecule has 0 aliphatic heterocycles. The Morgan fingerprint density at radius 3 is 1.05 bits per heavy atom. The Bertz CT molecular complexity index is 900. The van der Waals surface area contributed by atoms with Crippen LogP contribution in [0.2, 0.25) is 0 Å². The first kappa shape index (κ1) is 60.8. The zero-order chi connectivity index (χ0) is 45.7. The molecule has 368 valence electrons. The van der Waals surface area contributed by atoms with Gasteiger partial charge in [-0.05, 0) is 77.7 Å². The van der Waals surface area contributed by atoms with Gasteiger partial charge in [0.05, 0.1) is 12.5 Å². The predicted molar refractivity (Wildman–Crippen MR) is 271 cm³/mol. The van der Waals surface area contributed by atoms with E-state index in [4.69, 9.17) is 4.74 Å². The molecule has 0 aromatic heterocycles. The van der Waals surface area contributed by atoms with E-state index in [1.807, 2.05) is 0 Å². The molecule has 0 rings (SSSR count). The third-order valence-electron chi connectivity index (χ3n) is 14.1. The van der Waals surface area contributed by atoms with Crippen molar-refractivity contribution in [3.05, 3.63) is 0 Å². The van der Waals surface area contributed by atoms with Crippen LogP contribution in [0.25, 0.3) is 0 Å². The smallest absolute Gasteiger partial charge is 0.308 e. The molecule has 5 nitrogen and oxygen atoms in total. The maximum Gasteiger partial charge on any atom is 0.308 e. The summed E-state index contributed by atoms with van der Waals surface area (Å²) < 4.78 is 5.85. The summed E-state index contributed by atoms with van der Waals surface area (Å²) in [6, 6.07) is 0.504. The lowest BCUT2D eigenvalue weighted by Gasteiger charge is -2.21. The van der Waals surface area contributed by atoms with Crippen LogP contribution in [-0.2, 0) is 19.1 Å². The van der Waals surface area contributed by atoms with Crippen LogP contribution in [0.3, 0.4) is 0 Å². The average molecular weight is 875 g/mol. The number of carbonyl (C=O) groups excluding carboxylic acids is 3. The number of Topliss-reactive ketones (excluding diaryl/α,β-unsaturated/α-hetero) is 2. The number of nitrogens with zero attached hydrogens (tertiary/aromatic N) is 1. The molecule has 0 fully saturated rings. The molecule has 0 bridgehead atoms. The highest BCUT2D eigenvalue weighted by atomic mass is 16.5. The third kappa shape index (κ3) is 40.3. The van der Waals surface area contributed by atoms with Gasteiger partial charge in [-0.25, -0.2) is 0 Å². The number of ketones is 2. The normalized spacial score (nSPS) is 11.9. The van der Waals surface area contributed by atoms with Gasteiger partial charge < -0.3 is 9.64 Å². The third-order valence-corrected chi connectivity index (χ3v) is 14.1. The second-order valence-electron chi connectivity index (χ2n) is 20.4. The van der Waals surface area contributed by atoms with Gasteiger partial charge in [0, 0.05) is 38.3 Å². The second kappa shape index (κ2) is 46.3. The fraction of sp³-hybridized carbons (Fsp3) is 0.947. The Balaban J connectivity index is 4.34. The Morgan fingerprint density at radius 1 is 0.387 bits per heavy atom. The minimum atomic E-state index is 0.0264. The van der Waals surface area contributed by atoms with E-state index in [-0.39, 0.29) is 11.9 Å². The van der Waals surface area contributed by atoms with Crippen LogP contribution in [0, 0.1) is 17.8 Å². The summed E-state index contributed by atoms with van der Waals surface area (Å²) in [4.78, 5) is 40.7. The molecule has 0 unspecified atom stereocenters. The summed E-state index contributed by atoms with van der Waals surface area (Å²) in [6.07, 6.45) is 48.4. The topological polar surface area (TPSA) is 63.7 Å². The van der Waals surface area contributed by atoms with E-state index in [0.29, 0.717) is 24.2 Å². The molecule has 62 heavy (non-hydrogen) atoms. The molecule has 5 heteroatoms. The molecule has 0 heterocycles. The van der Waals surface area contributed by atoms with E-state index >= 15 is 0 Å². The van der Waals surface area contributed by atoms with Gasteiger partial charge in [-0.3, -0.25) is 14.4 Å². The lowest BCUT2D eigenvalue weighted by molar-refractivity contribution is -0.149. The van der Waals surface area contributed by atoms with Crippen LogP contribution >= 0.6 is 0 Å². The van der Waals surface area contributed by atoms with E-state index < -0.39 is 0 Å². The van der Waals surface area contributed by atoms with Crippen molar-refractivity contribution in [3.8, 4) is 0 Å². The van der Waals surface area contributed by atoms with Crippen molar-refractivity contribution in [2.45, 2.75) is 311 Å². The van der Waals surface area contributed by atoms with E-state index in [2.05, 4.69) is 53.5 Å². The van der Waals surface area contributed by atoms with Gasteiger partial charge in [-0.15, -0.1) is 0 Å². The molecule has 0 aliphatic rings. The Kier molecular flexibility index (Phi) is 45.4. The minimum Gasteiger partial charge on any atom is -0.465 e. The van der Waals surface area contributed by atoms with Crippen molar-refractivity contribution >= 4 is 17.5 Å². The number of ether oxygens (including phenoxy) is 1. The summed E-state index contributed by atoms with van der Waals surface area (Å²) in [6.45, 7) is 15.0. The lowest BCUT2D eigenvalue weighted by Crippen LogP contribution is -2.28. The summed E-state index contributed by atoms with van der Waals surface area (Å²) in [5.41, 5.74) is 0. The van der Waals surface area contributed by atoms with Crippen molar-refractivity contribution in [1.29, 1.82) is 0 Å². The molecule has 0 atom stereocenters. The fourth-order valence-electron chi connectivity index (χ4n) is 9.46. The van der Waals surface area contributed by atoms with Crippen LogP contribution in [0.5, 0.6) is 0 Å². The molecule has 0 spiro atoms. The van der Waals surface area contributed by atoms with Gasteiger partial charge in [0.15, 0.2) is 0 Å². The first-order chi connectivity index (χ1) is 30.2. The number of hydrogen-bond donors (Lipinski definition) is 0. The van der Waals surface area contributed by atoms with Gasteiger partial charge >= 0.3 is 5.97 Å². The van der Waals surface area contributed by atoms with E-state index in [1.165, 1.54) is 180 Å². The number of unbranched alkanes of at least 4 members (excludes halogenated alkanes) is 20. The summed E-state index contributed by atoms with van der Waals surface area (Å²) in [7, 11) is 2.14. The Morgan fingerprint density at radius 2 is 0.694 bits per heavy atom. The van der Waals surface area contributed by atoms with Gasteiger partial charge in [0.2, 0.25) is 0 Å². The van der Waals surface area contributed by atoms with E-state index in [0.717, 1.165) is 102 Å². The zero-order valence-electron chi connectivity index (χ0n) is 43.3. The van der Waals surface area contributed by atoms with Crippen molar-refractivity contribution in [1.82, 2.24) is 4.90 Å². The molecule has 0 aromatic carbocycles. The van der Waals surface area contributed by atoms with Crippen LogP contribution < -0.4 is 0 Å². The largest absolute Gasteiger partial charge is 0.465 e. The SMILES string of the molecule is CCCCCC(CCCCC)CCCC(=O)CCCCCCCCCC(CCCCCCCCCC(=O)CCCC(CCCCC)CCCCC)C(=O)OCCCN(C)C(C)C. The first-order valence-corrected chi connectivity index (χ1v) is 28.1. The molecular weight excluding hydrogens is 763 g/mol. The number of hydrogen-bond acceptors (Lipinski definition) is 5.